The van der Waals surface area contributed by atoms with Crippen LogP contribution in [0.15, 0.2) is 18.2 Å². The molecule has 1 saturated heterocycles. The normalized spacial score (nSPS) is 14.1. The summed E-state index contributed by atoms with van der Waals surface area (Å²) in [5.74, 6) is -1.08. The third-order valence-electron chi connectivity index (χ3n) is 3.23. The van der Waals surface area contributed by atoms with Crippen molar-refractivity contribution in [2.24, 2.45) is 0 Å². The lowest BCUT2D eigenvalue weighted by molar-refractivity contribution is -0.130. The summed E-state index contributed by atoms with van der Waals surface area (Å²) >= 11 is 0. The molecule has 0 radical (unpaired) electrons. The predicted octanol–water partition coefficient (Wildman–Crippen LogP) is 1.01. The number of carbonyl (C=O) groups is 3. The van der Waals surface area contributed by atoms with E-state index in [1.165, 1.54) is 0 Å². The number of hydrogen-bond acceptors (Lipinski definition) is 4. The lowest BCUT2D eigenvalue weighted by atomic mass is 10.1. The standard InChI is InChI=1S/C14H16N2O4/c1-9-3-4-11(7-10(9)2)13(18)20-8-12(17)16-6-5-15-14(16)19/h3-4,7H,5-6,8H2,1-2H3,(H,15,19). The van der Waals surface area contributed by atoms with Crippen molar-refractivity contribution < 1.29 is 19.1 Å². The van der Waals surface area contributed by atoms with Gasteiger partial charge in [0, 0.05) is 13.1 Å². The van der Waals surface area contributed by atoms with Crippen molar-refractivity contribution in [3.63, 3.8) is 0 Å². The van der Waals surface area contributed by atoms with Crippen molar-refractivity contribution in [3.8, 4) is 0 Å². The number of urea groups is 1. The summed E-state index contributed by atoms with van der Waals surface area (Å²) in [6.45, 7) is 4.14. The van der Waals surface area contributed by atoms with E-state index in [9.17, 15) is 14.4 Å². The monoisotopic (exact) mass is 276 g/mol. The van der Waals surface area contributed by atoms with E-state index in [2.05, 4.69) is 5.32 Å². The molecule has 0 bridgehead atoms. The zero-order chi connectivity index (χ0) is 14.7. The van der Waals surface area contributed by atoms with Crippen molar-refractivity contribution in [2.75, 3.05) is 19.7 Å². The van der Waals surface area contributed by atoms with E-state index in [0.717, 1.165) is 16.0 Å². The van der Waals surface area contributed by atoms with Crippen LogP contribution in [0.1, 0.15) is 21.5 Å². The Bertz CT molecular complexity index is 568. The van der Waals surface area contributed by atoms with Gasteiger partial charge in [-0.2, -0.15) is 0 Å². The van der Waals surface area contributed by atoms with E-state index < -0.39 is 24.5 Å². The van der Waals surface area contributed by atoms with Gasteiger partial charge in [-0.05, 0) is 37.1 Å². The highest BCUT2D eigenvalue weighted by atomic mass is 16.5. The van der Waals surface area contributed by atoms with Gasteiger partial charge >= 0.3 is 12.0 Å². The minimum Gasteiger partial charge on any atom is -0.452 e. The zero-order valence-corrected chi connectivity index (χ0v) is 11.4. The minimum absolute atomic E-state index is 0.304. The van der Waals surface area contributed by atoms with E-state index in [4.69, 9.17) is 4.74 Å². The zero-order valence-electron chi connectivity index (χ0n) is 11.4. The first-order chi connectivity index (χ1) is 9.49. The minimum atomic E-state index is -0.568. The summed E-state index contributed by atoms with van der Waals surface area (Å²) in [7, 11) is 0. The lowest BCUT2D eigenvalue weighted by Gasteiger charge is -2.12. The van der Waals surface area contributed by atoms with Gasteiger partial charge in [0.15, 0.2) is 6.61 Å². The summed E-state index contributed by atoms with van der Waals surface area (Å²) < 4.78 is 4.94. The summed E-state index contributed by atoms with van der Waals surface area (Å²) in [5.41, 5.74) is 2.45. The molecular formula is C14H16N2O4. The van der Waals surface area contributed by atoms with Crippen molar-refractivity contribution in [2.45, 2.75) is 13.8 Å². The maximum Gasteiger partial charge on any atom is 0.338 e. The van der Waals surface area contributed by atoms with E-state index in [0.29, 0.717) is 18.7 Å². The van der Waals surface area contributed by atoms with Gasteiger partial charge in [0.05, 0.1) is 5.56 Å². The first-order valence-electron chi connectivity index (χ1n) is 6.31. The molecule has 0 aliphatic carbocycles. The molecule has 3 amide bonds. The van der Waals surface area contributed by atoms with Crippen molar-refractivity contribution in [1.82, 2.24) is 10.2 Å². The van der Waals surface area contributed by atoms with Gasteiger partial charge in [-0.15, -0.1) is 0 Å². The van der Waals surface area contributed by atoms with Crippen LogP contribution in [0.25, 0.3) is 0 Å². The highest BCUT2D eigenvalue weighted by molar-refractivity contribution is 5.98. The molecule has 0 aromatic heterocycles. The van der Waals surface area contributed by atoms with Gasteiger partial charge in [0.1, 0.15) is 0 Å². The van der Waals surface area contributed by atoms with Crippen LogP contribution >= 0.6 is 0 Å². The summed E-state index contributed by atoms with van der Waals surface area (Å²) in [6, 6.07) is 4.74. The van der Waals surface area contributed by atoms with Crippen molar-refractivity contribution in [3.05, 3.63) is 34.9 Å². The Morgan fingerprint density at radius 2 is 2.05 bits per heavy atom. The number of imide groups is 1. The molecule has 20 heavy (non-hydrogen) atoms. The Hall–Kier alpha value is -2.37. The number of carbonyl (C=O) groups excluding carboxylic acids is 3. The second-order valence-corrected chi connectivity index (χ2v) is 4.65. The highest BCUT2D eigenvalue weighted by Gasteiger charge is 2.26. The number of amides is 3. The third kappa shape index (κ3) is 2.96. The second-order valence-electron chi connectivity index (χ2n) is 4.65. The molecule has 1 aliphatic rings. The molecule has 1 aromatic rings. The van der Waals surface area contributed by atoms with E-state index >= 15 is 0 Å². The molecule has 1 N–H and O–H groups in total. The number of nitrogens with zero attached hydrogens (tertiary/aromatic N) is 1. The lowest BCUT2D eigenvalue weighted by Crippen LogP contribution is -2.37. The Kier molecular flexibility index (Phi) is 4.02. The van der Waals surface area contributed by atoms with E-state index in [1.54, 1.807) is 12.1 Å². The molecule has 106 valence electrons. The average molecular weight is 276 g/mol. The molecule has 1 heterocycles. The van der Waals surface area contributed by atoms with Gasteiger partial charge in [0.25, 0.3) is 5.91 Å². The smallest absolute Gasteiger partial charge is 0.338 e. The van der Waals surface area contributed by atoms with Crippen molar-refractivity contribution >= 4 is 17.9 Å². The van der Waals surface area contributed by atoms with Gasteiger partial charge in [0.2, 0.25) is 0 Å². The van der Waals surface area contributed by atoms with Crippen LogP contribution in [0.2, 0.25) is 0 Å². The molecule has 1 fully saturated rings. The third-order valence-corrected chi connectivity index (χ3v) is 3.23. The molecule has 6 heteroatoms. The number of rotatable bonds is 3. The number of esters is 1. The predicted molar refractivity (Wildman–Crippen MR) is 71.3 cm³/mol. The topological polar surface area (TPSA) is 75.7 Å². The molecule has 0 atom stereocenters. The molecule has 1 aliphatic heterocycles. The van der Waals surface area contributed by atoms with Crippen LogP contribution in [0.4, 0.5) is 4.79 Å². The molecule has 2 rings (SSSR count). The Morgan fingerprint density at radius 3 is 2.65 bits per heavy atom. The SMILES string of the molecule is Cc1ccc(C(=O)OCC(=O)N2CCNC2=O)cc1C. The summed E-state index contributed by atoms with van der Waals surface area (Å²) in [5, 5.41) is 2.51. The van der Waals surface area contributed by atoms with Gasteiger partial charge in [-0.1, -0.05) is 6.07 Å². The van der Waals surface area contributed by atoms with E-state index in [-0.39, 0.29) is 0 Å². The van der Waals surface area contributed by atoms with Gasteiger partial charge in [-0.25, -0.2) is 9.59 Å². The van der Waals surface area contributed by atoms with Crippen LogP contribution in [0, 0.1) is 13.8 Å². The Balaban J connectivity index is 1.93. The fraction of sp³-hybridized carbons (Fsp3) is 0.357. The number of nitrogens with one attached hydrogen (secondary N) is 1. The van der Waals surface area contributed by atoms with Crippen LogP contribution in [0.5, 0.6) is 0 Å². The average Bonchev–Trinajstić information content (AvgIpc) is 2.85. The first kappa shape index (κ1) is 14.0. The molecular weight excluding hydrogens is 260 g/mol. The Morgan fingerprint density at radius 1 is 1.30 bits per heavy atom. The van der Waals surface area contributed by atoms with Crippen LogP contribution in [0.3, 0.4) is 0 Å². The molecule has 0 unspecified atom stereocenters. The first-order valence-corrected chi connectivity index (χ1v) is 6.31. The molecule has 0 spiro atoms. The fourth-order valence-electron chi connectivity index (χ4n) is 1.87. The maximum absolute atomic E-state index is 11.8. The second kappa shape index (κ2) is 5.73. The van der Waals surface area contributed by atoms with Gasteiger partial charge in [-0.3, -0.25) is 9.69 Å². The van der Waals surface area contributed by atoms with Crippen LogP contribution in [-0.4, -0.2) is 42.5 Å². The fourth-order valence-corrected chi connectivity index (χ4v) is 1.87. The number of aryl methyl sites for hydroxylation is 2. The van der Waals surface area contributed by atoms with E-state index in [1.807, 2.05) is 19.9 Å². The number of benzene rings is 1. The van der Waals surface area contributed by atoms with Crippen LogP contribution in [-0.2, 0) is 9.53 Å². The molecule has 0 saturated carbocycles. The largest absolute Gasteiger partial charge is 0.452 e. The number of ether oxygens (including phenoxy) is 1. The van der Waals surface area contributed by atoms with Crippen LogP contribution < -0.4 is 5.32 Å². The number of hydrogen-bond donors (Lipinski definition) is 1. The quantitative estimate of drug-likeness (QED) is 0.836. The van der Waals surface area contributed by atoms with Crippen molar-refractivity contribution in [1.29, 1.82) is 0 Å². The molecule has 1 aromatic carbocycles. The Labute approximate surface area is 116 Å². The molecule has 6 nitrogen and oxygen atoms in total. The van der Waals surface area contributed by atoms with Gasteiger partial charge < -0.3 is 10.1 Å². The summed E-state index contributed by atoms with van der Waals surface area (Å²) in [6.07, 6.45) is 0. The maximum atomic E-state index is 11.8. The highest BCUT2D eigenvalue weighted by Crippen LogP contribution is 2.11. The summed E-state index contributed by atoms with van der Waals surface area (Å²) in [4.78, 5) is 35.8.